The third-order valence-corrected chi connectivity index (χ3v) is 5.35. The number of non-ortho nitro benzene ring substituents is 1. The lowest BCUT2D eigenvalue weighted by molar-refractivity contribution is -0.384. The molecule has 0 saturated carbocycles. The van der Waals surface area contributed by atoms with Gasteiger partial charge in [0.05, 0.1) is 26.1 Å². The van der Waals surface area contributed by atoms with Crippen molar-refractivity contribution in [3.63, 3.8) is 0 Å². The van der Waals surface area contributed by atoms with Crippen molar-refractivity contribution < 1.29 is 9.66 Å². The fourth-order valence-corrected chi connectivity index (χ4v) is 3.91. The van der Waals surface area contributed by atoms with E-state index in [4.69, 9.17) is 27.9 Å². The molecule has 0 saturated heterocycles. The van der Waals surface area contributed by atoms with Crippen LogP contribution in [0.15, 0.2) is 65.1 Å². The molecule has 150 valence electrons. The Balaban J connectivity index is 1.82. The van der Waals surface area contributed by atoms with Crippen LogP contribution in [0.3, 0.4) is 0 Å². The van der Waals surface area contributed by atoms with E-state index in [-0.39, 0.29) is 12.3 Å². The molecule has 3 rings (SSSR count). The van der Waals surface area contributed by atoms with Crippen LogP contribution in [0.1, 0.15) is 16.7 Å². The fourth-order valence-electron chi connectivity index (χ4n) is 2.69. The standard InChI is InChI=1S/C22H13BrCl2N2O3/c23-19-10-15(9-16(12-26)18-3-1-2-4-20(18)24)11-21(25)22(19)30-13-14-5-7-17(8-6-14)27(28)29/h1-11H,13H2. The first-order chi connectivity index (χ1) is 14.4. The van der Waals surface area contributed by atoms with Gasteiger partial charge in [-0.15, -0.1) is 0 Å². The minimum absolute atomic E-state index is 0.0147. The van der Waals surface area contributed by atoms with Gasteiger partial charge in [-0.1, -0.05) is 41.4 Å². The van der Waals surface area contributed by atoms with Gasteiger partial charge in [0, 0.05) is 22.7 Å². The van der Waals surface area contributed by atoms with Crippen LogP contribution in [0.25, 0.3) is 11.6 Å². The highest BCUT2D eigenvalue weighted by atomic mass is 79.9. The number of hydrogen-bond donors (Lipinski definition) is 0. The first-order valence-electron chi connectivity index (χ1n) is 8.61. The van der Waals surface area contributed by atoms with E-state index < -0.39 is 4.92 Å². The van der Waals surface area contributed by atoms with Gasteiger partial charge in [0.2, 0.25) is 0 Å². The van der Waals surface area contributed by atoms with Crippen molar-refractivity contribution in [1.82, 2.24) is 0 Å². The first kappa shape index (κ1) is 21.8. The summed E-state index contributed by atoms with van der Waals surface area (Å²) < 4.78 is 6.40. The predicted molar refractivity (Wildman–Crippen MR) is 122 cm³/mol. The molecule has 0 aliphatic rings. The van der Waals surface area contributed by atoms with Crippen LogP contribution in [0.4, 0.5) is 5.69 Å². The normalized spacial score (nSPS) is 11.1. The summed E-state index contributed by atoms with van der Waals surface area (Å²) in [5, 5.41) is 21.1. The SMILES string of the molecule is N#CC(=Cc1cc(Cl)c(OCc2ccc([N+](=O)[O-])cc2)c(Br)c1)c1ccccc1Cl. The highest BCUT2D eigenvalue weighted by Crippen LogP contribution is 2.36. The first-order valence-corrected chi connectivity index (χ1v) is 10.2. The maximum atomic E-state index is 10.7. The molecule has 0 amide bonds. The third kappa shape index (κ3) is 5.19. The van der Waals surface area contributed by atoms with E-state index in [1.165, 1.54) is 12.1 Å². The van der Waals surface area contributed by atoms with E-state index in [9.17, 15) is 15.4 Å². The molecule has 3 aromatic carbocycles. The molecule has 0 unspecified atom stereocenters. The Kier molecular flexibility index (Phi) is 7.11. The molecule has 30 heavy (non-hydrogen) atoms. The molecule has 0 spiro atoms. The number of rotatable bonds is 6. The number of nitro benzene ring substituents is 1. The number of ether oxygens (including phenoxy) is 1. The lowest BCUT2D eigenvalue weighted by Crippen LogP contribution is -1.98. The van der Waals surface area contributed by atoms with Gasteiger partial charge < -0.3 is 4.74 Å². The summed E-state index contributed by atoms with van der Waals surface area (Å²) in [4.78, 5) is 10.3. The van der Waals surface area contributed by atoms with Gasteiger partial charge >= 0.3 is 0 Å². The largest absolute Gasteiger partial charge is 0.486 e. The molecule has 0 bridgehead atoms. The molecule has 0 heterocycles. The summed E-state index contributed by atoms with van der Waals surface area (Å²) in [5.74, 6) is 0.434. The Morgan fingerprint density at radius 3 is 2.43 bits per heavy atom. The lowest BCUT2D eigenvalue weighted by atomic mass is 10.0. The van der Waals surface area contributed by atoms with Gasteiger partial charge in [0.1, 0.15) is 6.61 Å². The molecule has 8 heteroatoms. The van der Waals surface area contributed by atoms with Crippen LogP contribution < -0.4 is 4.74 Å². The van der Waals surface area contributed by atoms with E-state index >= 15 is 0 Å². The summed E-state index contributed by atoms with van der Waals surface area (Å²) in [7, 11) is 0. The quantitative estimate of drug-likeness (QED) is 0.153. The fraction of sp³-hybridized carbons (Fsp3) is 0.0455. The Bertz CT molecular complexity index is 1150. The van der Waals surface area contributed by atoms with E-state index in [0.29, 0.717) is 37.0 Å². The van der Waals surface area contributed by atoms with Gasteiger partial charge in [-0.05, 0) is 63.5 Å². The summed E-state index contributed by atoms with van der Waals surface area (Å²) in [6.07, 6.45) is 1.69. The Morgan fingerprint density at radius 1 is 1.13 bits per heavy atom. The summed E-state index contributed by atoms with van der Waals surface area (Å²) in [5.41, 5.74) is 2.51. The molecule has 0 aromatic heterocycles. The Labute approximate surface area is 191 Å². The molecule has 5 nitrogen and oxygen atoms in total. The number of nitro groups is 1. The summed E-state index contributed by atoms with van der Waals surface area (Å²) >= 11 is 16.0. The zero-order chi connectivity index (χ0) is 21.7. The van der Waals surface area contributed by atoms with Crippen molar-refractivity contribution in [3.8, 4) is 11.8 Å². The zero-order valence-corrected chi connectivity index (χ0v) is 18.4. The number of allylic oxidation sites excluding steroid dienone is 1. The van der Waals surface area contributed by atoms with Gasteiger partial charge in [0.25, 0.3) is 5.69 Å². The Morgan fingerprint density at radius 2 is 1.83 bits per heavy atom. The number of nitriles is 1. The van der Waals surface area contributed by atoms with E-state index in [1.807, 2.05) is 6.07 Å². The molecule has 0 aliphatic carbocycles. The monoisotopic (exact) mass is 502 g/mol. The number of hydrogen-bond acceptors (Lipinski definition) is 4. The number of benzene rings is 3. The van der Waals surface area contributed by atoms with Crippen molar-refractivity contribution in [1.29, 1.82) is 5.26 Å². The molecular weight excluding hydrogens is 491 g/mol. The smallest absolute Gasteiger partial charge is 0.269 e. The summed E-state index contributed by atoms with van der Waals surface area (Å²) in [6, 6.07) is 18.8. The van der Waals surface area contributed by atoms with Gasteiger partial charge in [-0.2, -0.15) is 5.26 Å². The minimum atomic E-state index is -0.456. The van der Waals surface area contributed by atoms with Crippen LogP contribution >= 0.6 is 39.1 Å². The maximum absolute atomic E-state index is 10.7. The van der Waals surface area contributed by atoms with Crippen molar-refractivity contribution in [2.24, 2.45) is 0 Å². The van der Waals surface area contributed by atoms with Gasteiger partial charge in [0.15, 0.2) is 5.75 Å². The highest BCUT2D eigenvalue weighted by molar-refractivity contribution is 9.10. The molecular formula is C22H13BrCl2N2O3. The van der Waals surface area contributed by atoms with Crippen LogP contribution in [0.2, 0.25) is 10.0 Å². The summed E-state index contributed by atoms with van der Waals surface area (Å²) in [6.45, 7) is 0.189. The average Bonchev–Trinajstić information content (AvgIpc) is 2.72. The molecule has 0 radical (unpaired) electrons. The number of halogens is 3. The topological polar surface area (TPSA) is 76.2 Å². The zero-order valence-electron chi connectivity index (χ0n) is 15.3. The second-order valence-corrected chi connectivity index (χ2v) is 7.84. The number of nitrogens with zero attached hydrogens (tertiary/aromatic N) is 2. The van der Waals surface area contributed by atoms with Crippen molar-refractivity contribution in [3.05, 3.63) is 102 Å². The molecule has 0 fully saturated rings. The van der Waals surface area contributed by atoms with Crippen molar-refractivity contribution >= 4 is 56.5 Å². The maximum Gasteiger partial charge on any atom is 0.269 e. The highest BCUT2D eigenvalue weighted by Gasteiger charge is 2.12. The predicted octanol–water partition coefficient (Wildman–Crippen LogP) is 7.31. The van der Waals surface area contributed by atoms with Crippen LogP contribution in [0.5, 0.6) is 5.75 Å². The molecule has 3 aromatic rings. The minimum Gasteiger partial charge on any atom is -0.486 e. The van der Waals surface area contributed by atoms with E-state index in [1.54, 1.807) is 48.5 Å². The second-order valence-electron chi connectivity index (χ2n) is 6.18. The average molecular weight is 504 g/mol. The van der Waals surface area contributed by atoms with E-state index in [2.05, 4.69) is 22.0 Å². The third-order valence-electron chi connectivity index (χ3n) is 4.15. The molecule has 0 atom stereocenters. The van der Waals surface area contributed by atoms with Crippen LogP contribution in [0, 0.1) is 21.4 Å². The van der Waals surface area contributed by atoms with E-state index in [0.717, 1.165) is 5.56 Å². The van der Waals surface area contributed by atoms with Crippen LogP contribution in [-0.4, -0.2) is 4.92 Å². The molecule has 0 N–H and O–H groups in total. The van der Waals surface area contributed by atoms with Gasteiger partial charge in [-0.3, -0.25) is 10.1 Å². The Hall–Kier alpha value is -2.85. The second kappa shape index (κ2) is 9.77. The lowest BCUT2D eigenvalue weighted by Gasteiger charge is -2.11. The van der Waals surface area contributed by atoms with Crippen molar-refractivity contribution in [2.75, 3.05) is 0 Å². The molecule has 0 aliphatic heterocycles. The van der Waals surface area contributed by atoms with Crippen LogP contribution in [-0.2, 0) is 6.61 Å². The van der Waals surface area contributed by atoms with Gasteiger partial charge in [-0.25, -0.2) is 0 Å². The van der Waals surface area contributed by atoms with Crippen molar-refractivity contribution in [2.45, 2.75) is 6.61 Å².